The predicted molar refractivity (Wildman–Crippen MR) is 63.3 cm³/mol. The lowest BCUT2D eigenvalue weighted by atomic mass is 10.1. The quantitative estimate of drug-likeness (QED) is 0.576. The van der Waals surface area contributed by atoms with Crippen LogP contribution in [0.1, 0.15) is 36.5 Å². The van der Waals surface area contributed by atoms with Gasteiger partial charge in [-0.05, 0) is 43.9 Å². The molecule has 0 radical (unpaired) electrons. The fourth-order valence-electron chi connectivity index (χ4n) is 1.32. The molecule has 0 spiro atoms. The summed E-state index contributed by atoms with van der Waals surface area (Å²) in [6, 6.07) is 3.13. The molecule has 0 bridgehead atoms. The highest BCUT2D eigenvalue weighted by Crippen LogP contribution is 2.14. The van der Waals surface area contributed by atoms with Crippen LogP contribution in [-0.4, -0.2) is 17.6 Å². The summed E-state index contributed by atoms with van der Waals surface area (Å²) in [5, 5.41) is 0. The fraction of sp³-hybridized carbons (Fsp3) is 0.385. The van der Waals surface area contributed by atoms with Gasteiger partial charge >= 0.3 is 5.97 Å². The van der Waals surface area contributed by atoms with Gasteiger partial charge in [-0.1, -0.05) is 0 Å². The van der Waals surface area contributed by atoms with Gasteiger partial charge in [0.2, 0.25) is 0 Å². The average molecular weight is 255 g/mol. The summed E-state index contributed by atoms with van der Waals surface area (Å²) in [7, 11) is 0. The summed E-state index contributed by atoms with van der Waals surface area (Å²) >= 11 is 0. The standard InChI is InChI=1S/C13H15F2NO2/c1-10(12(14)15)4-2-3-9-18-13(17)11-5-7-16-8-6-11/h5-8H,2-4,9H2,1H3. The number of halogens is 2. The summed E-state index contributed by atoms with van der Waals surface area (Å²) < 4.78 is 29.2. The molecule has 1 heterocycles. The number of aromatic nitrogens is 1. The first-order chi connectivity index (χ1) is 8.61. The topological polar surface area (TPSA) is 39.2 Å². The van der Waals surface area contributed by atoms with E-state index >= 15 is 0 Å². The fourth-order valence-corrected chi connectivity index (χ4v) is 1.32. The Morgan fingerprint density at radius 2 is 1.94 bits per heavy atom. The van der Waals surface area contributed by atoms with Gasteiger partial charge in [0.1, 0.15) is 0 Å². The number of allylic oxidation sites excluding steroid dienone is 1. The third-order valence-electron chi connectivity index (χ3n) is 2.42. The van der Waals surface area contributed by atoms with Crippen molar-refractivity contribution < 1.29 is 18.3 Å². The molecule has 0 fully saturated rings. The molecule has 1 aromatic heterocycles. The minimum atomic E-state index is -1.62. The van der Waals surface area contributed by atoms with Gasteiger partial charge in [-0.2, -0.15) is 8.78 Å². The van der Waals surface area contributed by atoms with E-state index in [1.807, 2.05) is 0 Å². The molecule has 0 aromatic carbocycles. The maximum Gasteiger partial charge on any atom is 0.338 e. The lowest BCUT2D eigenvalue weighted by Crippen LogP contribution is -2.06. The van der Waals surface area contributed by atoms with Gasteiger partial charge in [-0.3, -0.25) is 4.98 Å². The van der Waals surface area contributed by atoms with Gasteiger partial charge in [0.05, 0.1) is 12.2 Å². The number of pyridine rings is 1. The Hall–Kier alpha value is -1.78. The monoisotopic (exact) mass is 255 g/mol. The lowest BCUT2D eigenvalue weighted by Gasteiger charge is -2.04. The molecule has 5 heteroatoms. The summed E-state index contributed by atoms with van der Waals surface area (Å²) in [4.78, 5) is 15.3. The first kappa shape index (κ1) is 14.3. The molecular weight excluding hydrogens is 240 g/mol. The Morgan fingerprint density at radius 1 is 1.28 bits per heavy atom. The molecule has 0 unspecified atom stereocenters. The van der Waals surface area contributed by atoms with E-state index in [0.29, 0.717) is 24.8 Å². The van der Waals surface area contributed by atoms with Crippen LogP contribution in [0.25, 0.3) is 0 Å². The zero-order valence-electron chi connectivity index (χ0n) is 10.2. The summed E-state index contributed by atoms with van der Waals surface area (Å²) in [5.41, 5.74) is 0.534. The zero-order chi connectivity index (χ0) is 13.4. The van der Waals surface area contributed by atoms with E-state index < -0.39 is 12.0 Å². The molecule has 0 N–H and O–H groups in total. The van der Waals surface area contributed by atoms with Crippen molar-refractivity contribution in [3.05, 3.63) is 41.7 Å². The van der Waals surface area contributed by atoms with E-state index in [-0.39, 0.29) is 12.2 Å². The van der Waals surface area contributed by atoms with Crippen molar-refractivity contribution in [3.63, 3.8) is 0 Å². The molecule has 3 nitrogen and oxygen atoms in total. The Balaban J connectivity index is 2.19. The number of carbonyl (C=O) groups excluding carboxylic acids is 1. The van der Waals surface area contributed by atoms with Crippen LogP contribution in [0.2, 0.25) is 0 Å². The molecule has 0 saturated heterocycles. The van der Waals surface area contributed by atoms with E-state index in [4.69, 9.17) is 4.74 Å². The minimum Gasteiger partial charge on any atom is -0.462 e. The Bertz CT molecular complexity index is 414. The van der Waals surface area contributed by atoms with E-state index in [9.17, 15) is 13.6 Å². The summed E-state index contributed by atoms with van der Waals surface area (Å²) in [6.07, 6.45) is 2.87. The molecule has 18 heavy (non-hydrogen) atoms. The van der Waals surface area contributed by atoms with E-state index in [2.05, 4.69) is 4.98 Å². The van der Waals surface area contributed by atoms with Crippen LogP contribution in [0.5, 0.6) is 0 Å². The van der Waals surface area contributed by atoms with Gasteiger partial charge in [-0.25, -0.2) is 4.79 Å². The SMILES string of the molecule is CC(CCCCOC(=O)c1ccncc1)=C(F)F. The number of ether oxygens (including phenoxy) is 1. The Morgan fingerprint density at radius 3 is 2.56 bits per heavy atom. The molecule has 0 aliphatic heterocycles. The van der Waals surface area contributed by atoms with E-state index in [0.717, 1.165) is 0 Å². The third-order valence-corrected chi connectivity index (χ3v) is 2.42. The number of hydrogen-bond acceptors (Lipinski definition) is 3. The number of esters is 1. The largest absolute Gasteiger partial charge is 0.462 e. The van der Waals surface area contributed by atoms with Crippen LogP contribution >= 0.6 is 0 Å². The number of unbranched alkanes of at least 4 members (excludes halogenated alkanes) is 1. The Kier molecular flexibility index (Phi) is 5.97. The van der Waals surface area contributed by atoms with Crippen molar-refractivity contribution >= 4 is 5.97 Å². The van der Waals surface area contributed by atoms with Gasteiger partial charge < -0.3 is 4.74 Å². The number of nitrogens with zero attached hydrogens (tertiary/aromatic N) is 1. The predicted octanol–water partition coefficient (Wildman–Crippen LogP) is 3.58. The first-order valence-electron chi connectivity index (χ1n) is 5.69. The molecule has 0 atom stereocenters. The normalized spacial score (nSPS) is 9.94. The average Bonchev–Trinajstić information content (AvgIpc) is 2.38. The highest BCUT2D eigenvalue weighted by Gasteiger charge is 2.05. The van der Waals surface area contributed by atoms with Crippen molar-refractivity contribution in [1.29, 1.82) is 0 Å². The molecule has 1 rings (SSSR count). The number of carbonyl (C=O) groups is 1. The highest BCUT2D eigenvalue weighted by molar-refractivity contribution is 5.89. The lowest BCUT2D eigenvalue weighted by molar-refractivity contribution is 0.0498. The third kappa shape index (κ3) is 5.03. The smallest absolute Gasteiger partial charge is 0.338 e. The number of rotatable bonds is 6. The van der Waals surface area contributed by atoms with Crippen molar-refractivity contribution in [2.45, 2.75) is 26.2 Å². The van der Waals surface area contributed by atoms with Gasteiger partial charge in [-0.15, -0.1) is 0 Å². The maximum absolute atomic E-state index is 12.1. The molecule has 98 valence electrons. The zero-order valence-corrected chi connectivity index (χ0v) is 10.2. The minimum absolute atomic E-state index is 0.0930. The van der Waals surface area contributed by atoms with Crippen LogP contribution in [0, 0.1) is 0 Å². The first-order valence-corrected chi connectivity index (χ1v) is 5.69. The number of hydrogen-bond donors (Lipinski definition) is 0. The van der Waals surface area contributed by atoms with Crippen LogP contribution in [0.4, 0.5) is 8.78 Å². The van der Waals surface area contributed by atoms with Crippen LogP contribution in [0.15, 0.2) is 36.2 Å². The molecule has 0 aliphatic carbocycles. The van der Waals surface area contributed by atoms with E-state index in [1.165, 1.54) is 19.3 Å². The van der Waals surface area contributed by atoms with Gasteiger partial charge in [0.15, 0.2) is 0 Å². The highest BCUT2D eigenvalue weighted by atomic mass is 19.3. The molecule has 1 aromatic rings. The summed E-state index contributed by atoms with van der Waals surface area (Å²) in [5.74, 6) is -0.415. The second-order valence-corrected chi connectivity index (χ2v) is 3.87. The maximum atomic E-state index is 12.1. The molecule has 0 amide bonds. The van der Waals surface area contributed by atoms with Crippen molar-refractivity contribution in [1.82, 2.24) is 4.98 Å². The van der Waals surface area contributed by atoms with Crippen molar-refractivity contribution in [2.24, 2.45) is 0 Å². The molecule has 0 saturated carbocycles. The van der Waals surface area contributed by atoms with Crippen LogP contribution < -0.4 is 0 Å². The van der Waals surface area contributed by atoms with Gasteiger partial charge in [0.25, 0.3) is 6.08 Å². The summed E-state index contributed by atoms with van der Waals surface area (Å²) in [6.45, 7) is 1.64. The molecular formula is C13H15F2NO2. The van der Waals surface area contributed by atoms with Crippen molar-refractivity contribution in [2.75, 3.05) is 6.61 Å². The second kappa shape index (κ2) is 7.53. The van der Waals surface area contributed by atoms with Crippen LogP contribution in [0.3, 0.4) is 0 Å². The molecule has 0 aliphatic rings. The van der Waals surface area contributed by atoms with Gasteiger partial charge in [0, 0.05) is 12.4 Å². The second-order valence-electron chi connectivity index (χ2n) is 3.87. The van der Waals surface area contributed by atoms with Crippen LogP contribution in [-0.2, 0) is 4.74 Å². The Labute approximate surface area is 104 Å². The van der Waals surface area contributed by atoms with Crippen molar-refractivity contribution in [3.8, 4) is 0 Å². The van der Waals surface area contributed by atoms with E-state index in [1.54, 1.807) is 12.1 Å².